The first-order chi connectivity index (χ1) is 5.12. The van der Waals surface area contributed by atoms with E-state index in [1.54, 1.807) is 29.8 Å². The van der Waals surface area contributed by atoms with Crippen LogP contribution in [0.25, 0.3) is 0 Å². The Morgan fingerprint density at radius 1 is 1.09 bits per heavy atom. The zero-order chi connectivity index (χ0) is 7.95. The van der Waals surface area contributed by atoms with Gasteiger partial charge in [-0.3, -0.25) is 0 Å². The van der Waals surface area contributed by atoms with Gasteiger partial charge in [-0.1, -0.05) is 18.2 Å². The maximum absolute atomic E-state index is 10.5. The molecule has 0 bridgehead atoms. The molecule has 0 radical (unpaired) electrons. The van der Waals surface area contributed by atoms with Gasteiger partial charge in [-0.05, 0) is 11.6 Å². The molecule has 0 aliphatic carbocycles. The Morgan fingerprint density at radius 3 is 2.27 bits per heavy atom. The van der Waals surface area contributed by atoms with E-state index in [4.69, 9.17) is 0 Å². The van der Waals surface area contributed by atoms with Crippen LogP contribution in [-0.2, 0) is 18.3 Å². The molecule has 1 spiro atoms. The summed E-state index contributed by atoms with van der Waals surface area (Å²) in [7, 11) is -5.92. The molecule has 0 aromatic heterocycles. The van der Waals surface area contributed by atoms with Crippen LogP contribution < -0.4 is 0 Å². The van der Waals surface area contributed by atoms with Crippen LogP contribution in [0.2, 0.25) is 0 Å². The van der Waals surface area contributed by atoms with E-state index in [-0.39, 0.29) is 0 Å². The molecular formula is C5H5O4PS. The minimum absolute atomic E-state index is 1.63. The van der Waals surface area contributed by atoms with Crippen molar-refractivity contribution in [3.63, 3.8) is 0 Å². The number of allylic oxidation sites excluding steroid dienone is 3. The molecule has 0 amide bonds. The predicted octanol–water partition coefficient (Wildman–Crippen LogP) is 1.01. The molecule has 0 saturated carbocycles. The van der Waals surface area contributed by atoms with E-state index >= 15 is 0 Å². The zero-order valence-electron chi connectivity index (χ0n) is 5.38. The molecule has 2 heterocycles. The summed E-state index contributed by atoms with van der Waals surface area (Å²) < 4.78 is 30.2. The summed E-state index contributed by atoms with van der Waals surface area (Å²) in [6, 6.07) is 0. The van der Waals surface area contributed by atoms with Gasteiger partial charge in [0.1, 0.15) is 0 Å². The molecule has 0 unspecified atom stereocenters. The fraction of sp³-hybridized carbons (Fsp3) is 0. The second-order valence-electron chi connectivity index (χ2n) is 2.08. The van der Waals surface area contributed by atoms with E-state index in [1.807, 2.05) is 0 Å². The van der Waals surface area contributed by atoms with Crippen molar-refractivity contribution >= 4 is 23.5 Å². The molecule has 2 rings (SSSR count). The molecule has 4 nitrogen and oxygen atoms in total. The Hall–Kier alpha value is -0.350. The van der Waals surface area contributed by atoms with Gasteiger partial charge >= 0.3 is 10.4 Å². The highest BCUT2D eigenvalue weighted by Gasteiger charge is 2.41. The third kappa shape index (κ3) is 1.20. The molecule has 2 aliphatic rings. The fourth-order valence-corrected chi connectivity index (χ4v) is 4.74. The van der Waals surface area contributed by atoms with Crippen molar-refractivity contribution in [1.82, 2.24) is 0 Å². The highest BCUT2D eigenvalue weighted by atomic mass is 32.3. The van der Waals surface area contributed by atoms with E-state index in [0.717, 1.165) is 0 Å². The third-order valence-corrected chi connectivity index (χ3v) is 5.73. The maximum Gasteiger partial charge on any atom is 0.410 e. The third-order valence-electron chi connectivity index (χ3n) is 1.23. The fourth-order valence-electron chi connectivity index (χ4n) is 0.843. The first-order valence-corrected chi connectivity index (χ1v) is 5.98. The van der Waals surface area contributed by atoms with Crippen LogP contribution in [0, 0.1) is 0 Å². The van der Waals surface area contributed by atoms with Crippen LogP contribution in [0.4, 0.5) is 0 Å². The molecule has 60 valence electrons. The van der Waals surface area contributed by atoms with Gasteiger partial charge in [-0.25, -0.2) is 0 Å². The molecule has 2 aliphatic heterocycles. The van der Waals surface area contributed by atoms with E-state index in [9.17, 15) is 8.42 Å². The molecule has 0 N–H and O–H groups in total. The summed E-state index contributed by atoms with van der Waals surface area (Å²) in [6.45, 7) is 0. The summed E-state index contributed by atoms with van der Waals surface area (Å²) in [4.78, 5) is 0. The van der Waals surface area contributed by atoms with Crippen LogP contribution in [0.1, 0.15) is 0 Å². The Bertz CT molecular complexity index is 373. The van der Waals surface area contributed by atoms with E-state index < -0.39 is 17.7 Å². The molecular weight excluding hydrogens is 187 g/mol. The van der Waals surface area contributed by atoms with Crippen molar-refractivity contribution in [3.05, 3.63) is 24.0 Å². The first kappa shape index (κ1) is 7.31. The molecule has 6 heteroatoms. The van der Waals surface area contributed by atoms with Gasteiger partial charge in [0.05, 0.1) is 0 Å². The summed E-state index contributed by atoms with van der Waals surface area (Å²) in [5, 5.41) is 0. The summed E-state index contributed by atoms with van der Waals surface area (Å²) >= 11 is 0. The molecule has 1 fully saturated rings. The molecule has 1 saturated heterocycles. The van der Waals surface area contributed by atoms with Crippen molar-refractivity contribution in [2.24, 2.45) is 0 Å². The average Bonchev–Trinajstić information content (AvgIpc) is 1.85. The Kier molecular flexibility index (Phi) is 1.38. The highest BCUT2D eigenvalue weighted by Crippen LogP contribution is 2.63. The number of hydrogen-bond acceptors (Lipinski definition) is 4. The first-order valence-electron chi connectivity index (χ1n) is 2.88. The average molecular weight is 192 g/mol. The van der Waals surface area contributed by atoms with Crippen molar-refractivity contribution in [3.8, 4) is 0 Å². The number of rotatable bonds is 0. The van der Waals surface area contributed by atoms with Gasteiger partial charge in [-0.2, -0.15) is 16.4 Å². The van der Waals surface area contributed by atoms with Crippen molar-refractivity contribution < 1.29 is 16.4 Å². The van der Waals surface area contributed by atoms with E-state index in [2.05, 4.69) is 7.94 Å². The summed E-state index contributed by atoms with van der Waals surface area (Å²) in [5.74, 6) is 3.27. The molecule has 0 atom stereocenters. The lowest BCUT2D eigenvalue weighted by Gasteiger charge is -2.29. The van der Waals surface area contributed by atoms with Crippen molar-refractivity contribution in [2.75, 3.05) is 0 Å². The largest absolute Gasteiger partial charge is 0.410 e. The van der Waals surface area contributed by atoms with Crippen LogP contribution in [0.5, 0.6) is 0 Å². The minimum Gasteiger partial charge on any atom is -0.195 e. The lowest BCUT2D eigenvalue weighted by Crippen LogP contribution is -2.19. The van der Waals surface area contributed by atoms with Crippen LogP contribution in [-0.4, -0.2) is 14.2 Å². The van der Waals surface area contributed by atoms with Crippen LogP contribution in [0.3, 0.4) is 0 Å². The number of hydrogen-bond donors (Lipinski definition) is 0. The van der Waals surface area contributed by atoms with Crippen molar-refractivity contribution in [2.45, 2.75) is 0 Å². The van der Waals surface area contributed by atoms with Gasteiger partial charge in [0.2, 0.25) is 0 Å². The summed E-state index contributed by atoms with van der Waals surface area (Å²) in [6.07, 6.45) is 5.20. The maximum atomic E-state index is 10.5. The van der Waals surface area contributed by atoms with Gasteiger partial charge in [0, 0.05) is 0 Å². The Morgan fingerprint density at radius 2 is 1.82 bits per heavy atom. The van der Waals surface area contributed by atoms with E-state index in [1.165, 1.54) is 0 Å². The Labute approximate surface area is 64.6 Å². The normalized spacial score (nSPS) is 29.5. The second kappa shape index (κ2) is 2.08. The van der Waals surface area contributed by atoms with Crippen LogP contribution in [0.15, 0.2) is 24.0 Å². The van der Waals surface area contributed by atoms with Gasteiger partial charge < -0.3 is 0 Å². The van der Waals surface area contributed by atoms with Crippen molar-refractivity contribution in [1.29, 1.82) is 0 Å². The minimum atomic E-state index is -3.66. The van der Waals surface area contributed by atoms with Crippen LogP contribution >= 0.6 is 7.34 Å². The quantitative estimate of drug-likeness (QED) is 0.537. The molecule has 11 heavy (non-hydrogen) atoms. The predicted molar refractivity (Wildman–Crippen MR) is 42.4 cm³/mol. The monoisotopic (exact) mass is 192 g/mol. The summed E-state index contributed by atoms with van der Waals surface area (Å²) in [5.41, 5.74) is 0. The van der Waals surface area contributed by atoms with Gasteiger partial charge in [0.25, 0.3) is 0 Å². The van der Waals surface area contributed by atoms with Gasteiger partial charge in [0.15, 0.2) is 7.34 Å². The standard InChI is InChI=1S/C5H5O4PS/c6-11(7)8-10(9-11)4-2-1-3-5-10/h1-5H. The lowest BCUT2D eigenvalue weighted by atomic mass is 10.5. The second-order valence-corrected chi connectivity index (χ2v) is 5.97. The smallest absolute Gasteiger partial charge is 0.195 e. The van der Waals surface area contributed by atoms with Gasteiger partial charge in [-0.15, -0.1) is 0 Å². The molecule has 0 aromatic rings. The van der Waals surface area contributed by atoms with E-state index in [0.29, 0.717) is 0 Å². The Balaban J connectivity index is 2.39. The topological polar surface area (TPSA) is 52.6 Å². The SMILES string of the molecule is O=S1(=O)OP2(=CC=CC=C2)O1. The highest BCUT2D eigenvalue weighted by molar-refractivity contribution is 8.01. The zero-order valence-corrected chi connectivity index (χ0v) is 7.09. The molecule has 0 aromatic carbocycles. The lowest BCUT2D eigenvalue weighted by molar-refractivity contribution is 0.341.